The van der Waals surface area contributed by atoms with E-state index in [0.29, 0.717) is 17.5 Å². The fourth-order valence-corrected chi connectivity index (χ4v) is 11.8. The van der Waals surface area contributed by atoms with Crippen molar-refractivity contribution in [3.8, 4) is 67.5 Å². The largest absolute Gasteiger partial charge is 0.208 e. The van der Waals surface area contributed by atoms with Gasteiger partial charge in [-0.3, -0.25) is 0 Å². The van der Waals surface area contributed by atoms with Crippen molar-refractivity contribution >= 4 is 37.1 Å². The number of hydrogen-bond acceptors (Lipinski definition) is 4. The molecule has 0 aliphatic heterocycles. The van der Waals surface area contributed by atoms with Crippen LogP contribution in [-0.2, 0) is 5.41 Å². The molecule has 3 aliphatic rings. The van der Waals surface area contributed by atoms with Crippen LogP contribution in [0, 0.1) is 0 Å². The normalized spacial score (nSPS) is 15.9. The Hall–Kier alpha value is -7.53. The van der Waals surface area contributed by atoms with Crippen LogP contribution in [0.1, 0.15) is 35.1 Å². The van der Waals surface area contributed by atoms with Gasteiger partial charge < -0.3 is 0 Å². The lowest BCUT2D eigenvalue weighted by Gasteiger charge is -2.32. The summed E-state index contributed by atoms with van der Waals surface area (Å²) in [6.45, 7) is 0. The van der Waals surface area contributed by atoms with Gasteiger partial charge in [-0.1, -0.05) is 188 Å². The zero-order chi connectivity index (χ0) is 40.8. The zero-order valence-corrected chi connectivity index (χ0v) is 34.5. The van der Waals surface area contributed by atoms with Gasteiger partial charge in [0.2, 0.25) is 0 Å². The predicted molar refractivity (Wildman–Crippen MR) is 257 cm³/mol. The highest BCUT2D eigenvalue weighted by molar-refractivity contribution is 7.25. The first-order chi connectivity index (χ1) is 30.7. The highest BCUT2D eigenvalue weighted by atomic mass is 32.1. The molecule has 0 fully saturated rings. The predicted octanol–water partition coefficient (Wildman–Crippen LogP) is 15.0. The molecule has 8 aromatic carbocycles. The Morgan fingerprint density at radius 2 is 1.00 bits per heavy atom. The summed E-state index contributed by atoms with van der Waals surface area (Å²) in [4.78, 5) is 16.2. The first kappa shape index (κ1) is 35.2. The van der Waals surface area contributed by atoms with Crippen LogP contribution >= 0.6 is 11.3 Å². The Morgan fingerprint density at radius 3 is 1.84 bits per heavy atom. The van der Waals surface area contributed by atoms with E-state index in [-0.39, 0.29) is 0 Å². The molecule has 0 amide bonds. The highest BCUT2D eigenvalue weighted by Gasteiger charge is 2.53. The SMILES string of the molecule is C1=CC2=C(CC1)c1ccccc1C21c2ccccc2-c2c(-c3nc(-c4ccc(-c5ccc6c(c5)sc5ccccc56)cc4)nc(-c4ccccc4-c4ccccc4)n3)cccc21. The molecule has 0 N–H and O–H groups in total. The second-order valence-corrected chi connectivity index (χ2v) is 17.6. The maximum Gasteiger partial charge on any atom is 0.164 e. The third-order valence-corrected chi connectivity index (χ3v) is 14.4. The Kier molecular flexibility index (Phi) is 7.82. The van der Waals surface area contributed by atoms with Crippen molar-refractivity contribution in [3.05, 3.63) is 228 Å². The van der Waals surface area contributed by atoms with Crippen molar-refractivity contribution in [1.29, 1.82) is 0 Å². The van der Waals surface area contributed by atoms with E-state index in [4.69, 9.17) is 15.0 Å². The molecule has 3 aliphatic carbocycles. The number of nitrogens with zero attached hydrogens (tertiary/aromatic N) is 3. The van der Waals surface area contributed by atoms with Crippen molar-refractivity contribution in [1.82, 2.24) is 15.0 Å². The van der Waals surface area contributed by atoms with E-state index in [1.165, 1.54) is 70.3 Å². The van der Waals surface area contributed by atoms with E-state index in [0.717, 1.165) is 46.2 Å². The van der Waals surface area contributed by atoms with Crippen LogP contribution < -0.4 is 0 Å². The second-order valence-electron chi connectivity index (χ2n) is 16.5. The zero-order valence-electron chi connectivity index (χ0n) is 33.7. The number of allylic oxidation sites excluding steroid dienone is 4. The molecule has 0 saturated carbocycles. The molecule has 0 radical (unpaired) electrons. The van der Waals surface area contributed by atoms with Crippen LogP contribution in [0.4, 0.5) is 0 Å². The van der Waals surface area contributed by atoms with E-state index in [1.807, 2.05) is 11.3 Å². The number of thiophene rings is 1. The molecule has 1 spiro atoms. The summed E-state index contributed by atoms with van der Waals surface area (Å²) in [7, 11) is 0. The minimum atomic E-state index is -0.419. The number of rotatable bonds is 5. The molecule has 1 atom stereocenters. The third kappa shape index (κ3) is 5.14. The standard InChI is InChI=1S/C58H37N3S/c1-2-15-37(16-3-1)40-17-4-5-21-45(40)56-59-55(38-31-29-36(30-32-38)39-33-34-44-43-20-9-13-28-52(43)62-53(44)35-39)60-57(61-56)47-23-14-27-51-54(47)46-22-8-12-26-50(46)58(51)48-24-10-6-18-41(48)42-19-7-11-25-49(42)58/h1-6,8-18,20-35H,7,19H2. The highest BCUT2D eigenvalue weighted by Crippen LogP contribution is 2.64. The first-order valence-electron chi connectivity index (χ1n) is 21.4. The number of benzene rings is 8. The average Bonchev–Trinajstić information content (AvgIpc) is 3.98. The average molecular weight is 808 g/mol. The molecule has 4 heteroatoms. The molecular weight excluding hydrogens is 771 g/mol. The lowest BCUT2D eigenvalue weighted by atomic mass is 9.69. The topological polar surface area (TPSA) is 38.7 Å². The maximum absolute atomic E-state index is 5.44. The van der Waals surface area contributed by atoms with E-state index >= 15 is 0 Å². The summed E-state index contributed by atoms with van der Waals surface area (Å²) in [5.74, 6) is 1.95. The molecular formula is C58H37N3S. The molecule has 2 aromatic heterocycles. The Labute approximate surface area is 364 Å². The van der Waals surface area contributed by atoms with Crippen LogP contribution in [0.3, 0.4) is 0 Å². The lowest BCUT2D eigenvalue weighted by Crippen LogP contribution is -2.27. The molecule has 290 valence electrons. The molecule has 3 nitrogen and oxygen atoms in total. The van der Waals surface area contributed by atoms with E-state index in [2.05, 4.69) is 200 Å². The third-order valence-electron chi connectivity index (χ3n) is 13.3. The molecule has 0 bridgehead atoms. The van der Waals surface area contributed by atoms with Crippen molar-refractivity contribution in [2.24, 2.45) is 0 Å². The smallest absolute Gasteiger partial charge is 0.164 e. The Bertz CT molecular complexity index is 3520. The molecule has 62 heavy (non-hydrogen) atoms. The van der Waals surface area contributed by atoms with Gasteiger partial charge in [0.1, 0.15) is 0 Å². The first-order valence-corrected chi connectivity index (χ1v) is 22.2. The summed E-state index contributed by atoms with van der Waals surface area (Å²) in [6, 6.07) is 68.0. The van der Waals surface area contributed by atoms with Crippen LogP contribution in [0.15, 0.2) is 206 Å². The maximum atomic E-state index is 5.44. The van der Waals surface area contributed by atoms with Gasteiger partial charge in [0.15, 0.2) is 17.5 Å². The summed E-state index contributed by atoms with van der Waals surface area (Å²) in [5.41, 5.74) is 17.7. The van der Waals surface area contributed by atoms with Crippen molar-refractivity contribution in [2.45, 2.75) is 18.3 Å². The van der Waals surface area contributed by atoms with Crippen LogP contribution in [0.2, 0.25) is 0 Å². The summed E-state index contributed by atoms with van der Waals surface area (Å²) in [5, 5.41) is 2.62. The molecule has 0 saturated heterocycles. The van der Waals surface area contributed by atoms with Gasteiger partial charge in [-0.25, -0.2) is 15.0 Å². The van der Waals surface area contributed by atoms with Gasteiger partial charge in [-0.2, -0.15) is 0 Å². The summed E-state index contributed by atoms with van der Waals surface area (Å²) < 4.78 is 2.61. The van der Waals surface area contributed by atoms with Crippen LogP contribution in [-0.4, -0.2) is 15.0 Å². The van der Waals surface area contributed by atoms with E-state index in [9.17, 15) is 0 Å². The summed E-state index contributed by atoms with van der Waals surface area (Å²) >= 11 is 1.85. The minimum Gasteiger partial charge on any atom is -0.208 e. The van der Waals surface area contributed by atoms with Gasteiger partial charge in [-0.15, -0.1) is 11.3 Å². The van der Waals surface area contributed by atoms with Gasteiger partial charge in [0.25, 0.3) is 0 Å². The monoisotopic (exact) mass is 807 g/mol. The molecule has 13 rings (SSSR count). The lowest BCUT2D eigenvalue weighted by molar-refractivity contribution is 0.780. The molecule has 1 unspecified atom stereocenters. The fraction of sp³-hybridized carbons (Fsp3) is 0.0517. The second kappa shape index (κ2) is 13.8. The Balaban J connectivity index is 1.01. The van der Waals surface area contributed by atoms with Crippen molar-refractivity contribution in [3.63, 3.8) is 0 Å². The van der Waals surface area contributed by atoms with Gasteiger partial charge in [0.05, 0.1) is 5.41 Å². The number of fused-ring (bicyclic) bond motifs is 12. The number of aromatic nitrogens is 3. The van der Waals surface area contributed by atoms with Gasteiger partial charge in [0, 0.05) is 36.9 Å². The quantitative estimate of drug-likeness (QED) is 0.174. The molecule has 10 aromatic rings. The van der Waals surface area contributed by atoms with Crippen LogP contribution in [0.25, 0.3) is 93.3 Å². The van der Waals surface area contributed by atoms with Gasteiger partial charge >= 0.3 is 0 Å². The van der Waals surface area contributed by atoms with Crippen LogP contribution in [0.5, 0.6) is 0 Å². The van der Waals surface area contributed by atoms with Crippen molar-refractivity contribution < 1.29 is 0 Å². The Morgan fingerprint density at radius 1 is 0.403 bits per heavy atom. The van der Waals surface area contributed by atoms with Gasteiger partial charge in [-0.05, 0) is 91.8 Å². The minimum absolute atomic E-state index is 0.419. The summed E-state index contributed by atoms with van der Waals surface area (Å²) in [6.07, 6.45) is 6.86. The molecule has 2 heterocycles. The fourth-order valence-electron chi connectivity index (χ4n) is 10.6. The van der Waals surface area contributed by atoms with E-state index in [1.54, 1.807) is 0 Å². The number of hydrogen-bond donors (Lipinski definition) is 0. The van der Waals surface area contributed by atoms with Crippen molar-refractivity contribution in [2.75, 3.05) is 0 Å². The van der Waals surface area contributed by atoms with E-state index < -0.39 is 5.41 Å².